The van der Waals surface area contributed by atoms with Crippen molar-refractivity contribution in [1.82, 2.24) is 9.55 Å². The van der Waals surface area contributed by atoms with Crippen LogP contribution in [0.4, 0.5) is 11.4 Å². The lowest BCUT2D eigenvalue weighted by atomic mass is 10.0. The van der Waals surface area contributed by atoms with Crippen molar-refractivity contribution in [3.8, 4) is 17.3 Å². The zero-order chi connectivity index (χ0) is 26.5. The van der Waals surface area contributed by atoms with Gasteiger partial charge in [0.2, 0.25) is 11.8 Å². The topological polar surface area (TPSA) is 117 Å². The van der Waals surface area contributed by atoms with Crippen molar-refractivity contribution in [3.63, 3.8) is 0 Å². The molecule has 3 aromatic carbocycles. The molecule has 8 nitrogen and oxygen atoms in total. The third-order valence-electron chi connectivity index (χ3n) is 6.08. The Balaban J connectivity index is 1.89. The number of para-hydroxylation sites is 2. The molecule has 37 heavy (non-hydrogen) atoms. The number of nitrogens with zero attached hydrogens (tertiary/aromatic N) is 3. The van der Waals surface area contributed by atoms with E-state index >= 15 is 0 Å². The molecule has 0 aliphatic rings. The number of carbonyl (C=O) groups is 2. The van der Waals surface area contributed by atoms with Crippen LogP contribution in [-0.4, -0.2) is 21.4 Å². The van der Waals surface area contributed by atoms with Crippen molar-refractivity contribution in [3.05, 3.63) is 88.2 Å². The average Bonchev–Trinajstić information content (AvgIpc) is 2.91. The Morgan fingerprint density at radius 1 is 1.03 bits per heavy atom. The second-order valence-electron chi connectivity index (χ2n) is 8.68. The number of hydrogen-bond donors (Lipinski definition) is 2. The van der Waals surface area contributed by atoms with Crippen LogP contribution in [0.25, 0.3) is 22.3 Å². The fraction of sp³-hybridized carbons (Fsp3) is 0.207. The van der Waals surface area contributed by atoms with E-state index in [1.165, 1.54) is 4.57 Å². The molecule has 2 amide bonds. The molecule has 0 radical (unpaired) electrons. The Morgan fingerprint density at radius 2 is 1.81 bits per heavy atom. The Morgan fingerprint density at radius 3 is 2.54 bits per heavy atom. The Bertz CT molecular complexity index is 1600. The van der Waals surface area contributed by atoms with Crippen LogP contribution in [0.3, 0.4) is 0 Å². The van der Waals surface area contributed by atoms with Crippen LogP contribution in [0.15, 0.2) is 71.5 Å². The number of amides is 2. The molecule has 0 bridgehead atoms. The normalized spacial score (nSPS) is 11.5. The van der Waals surface area contributed by atoms with E-state index in [9.17, 15) is 19.6 Å². The second-order valence-corrected chi connectivity index (χ2v) is 8.68. The fourth-order valence-electron chi connectivity index (χ4n) is 4.22. The number of hydrogen-bond acceptors (Lipinski definition) is 5. The molecule has 8 heteroatoms. The molecule has 0 saturated carbocycles. The summed E-state index contributed by atoms with van der Waals surface area (Å²) < 4.78 is 1.47. The van der Waals surface area contributed by atoms with E-state index < -0.39 is 11.6 Å². The molecular weight excluding hydrogens is 466 g/mol. The predicted octanol–water partition coefficient (Wildman–Crippen LogP) is 5.18. The van der Waals surface area contributed by atoms with Crippen LogP contribution in [-0.2, 0) is 9.59 Å². The van der Waals surface area contributed by atoms with Crippen LogP contribution in [0.5, 0.6) is 0 Å². The SMILES string of the molecule is CCC(=O)Nc1ccc(C)cc1-c1nc2ccccc2n([C@H](CC)C(=O)Nc2cccc(C#N)c2)c1=O. The highest BCUT2D eigenvalue weighted by molar-refractivity contribution is 5.97. The maximum Gasteiger partial charge on any atom is 0.278 e. The van der Waals surface area contributed by atoms with E-state index in [-0.39, 0.29) is 23.9 Å². The Hall–Kier alpha value is -4.77. The minimum atomic E-state index is -0.844. The van der Waals surface area contributed by atoms with Gasteiger partial charge >= 0.3 is 0 Å². The minimum absolute atomic E-state index is 0.145. The Labute approximate surface area is 214 Å². The third kappa shape index (κ3) is 5.26. The van der Waals surface area contributed by atoms with E-state index in [0.29, 0.717) is 40.0 Å². The third-order valence-corrected chi connectivity index (χ3v) is 6.08. The van der Waals surface area contributed by atoms with E-state index in [1.807, 2.05) is 32.0 Å². The lowest BCUT2D eigenvalue weighted by molar-refractivity contribution is -0.119. The zero-order valence-corrected chi connectivity index (χ0v) is 20.9. The zero-order valence-electron chi connectivity index (χ0n) is 20.9. The van der Waals surface area contributed by atoms with E-state index in [2.05, 4.69) is 21.7 Å². The molecule has 4 rings (SSSR count). The smallest absolute Gasteiger partial charge is 0.278 e. The maximum atomic E-state index is 14.0. The van der Waals surface area contributed by atoms with Crippen LogP contribution >= 0.6 is 0 Å². The summed E-state index contributed by atoms with van der Waals surface area (Å²) in [6.45, 7) is 5.48. The number of benzene rings is 3. The number of anilines is 2. The first kappa shape index (κ1) is 25.3. The van der Waals surface area contributed by atoms with Gasteiger partial charge < -0.3 is 10.6 Å². The molecule has 1 aromatic heterocycles. The first-order chi connectivity index (χ1) is 17.9. The molecule has 2 N–H and O–H groups in total. The molecule has 4 aromatic rings. The molecule has 1 heterocycles. The highest BCUT2D eigenvalue weighted by atomic mass is 16.2. The minimum Gasteiger partial charge on any atom is -0.325 e. The summed E-state index contributed by atoms with van der Waals surface area (Å²) in [4.78, 5) is 44.3. The molecule has 0 fully saturated rings. The first-order valence-corrected chi connectivity index (χ1v) is 12.1. The lowest BCUT2D eigenvalue weighted by Gasteiger charge is -2.21. The van der Waals surface area contributed by atoms with Gasteiger partial charge in [0.25, 0.3) is 5.56 Å². The van der Waals surface area contributed by atoms with Crippen LogP contribution in [0, 0.1) is 18.3 Å². The number of nitrogens with one attached hydrogen (secondary N) is 2. The van der Waals surface area contributed by atoms with E-state index in [1.54, 1.807) is 55.5 Å². The lowest BCUT2D eigenvalue weighted by Crippen LogP contribution is -2.34. The summed E-state index contributed by atoms with van der Waals surface area (Å²) in [5.74, 6) is -0.567. The maximum absolute atomic E-state index is 14.0. The van der Waals surface area contributed by atoms with Gasteiger partial charge in [-0.1, -0.05) is 43.7 Å². The van der Waals surface area contributed by atoms with Crippen molar-refractivity contribution in [1.29, 1.82) is 5.26 Å². The second kappa shape index (κ2) is 10.9. The number of fused-ring (bicyclic) bond motifs is 1. The number of aromatic nitrogens is 2. The highest BCUT2D eigenvalue weighted by Crippen LogP contribution is 2.29. The van der Waals surface area contributed by atoms with Crippen LogP contribution in [0.1, 0.15) is 43.9 Å². The molecular formula is C29H27N5O3. The molecule has 0 spiro atoms. The van der Waals surface area contributed by atoms with Crippen LogP contribution in [0.2, 0.25) is 0 Å². The summed E-state index contributed by atoms with van der Waals surface area (Å²) in [6.07, 6.45) is 0.623. The van der Waals surface area contributed by atoms with Gasteiger partial charge in [0.15, 0.2) is 0 Å². The van der Waals surface area contributed by atoms with Crippen molar-refractivity contribution in [2.24, 2.45) is 0 Å². The molecule has 0 unspecified atom stereocenters. The van der Waals surface area contributed by atoms with Crippen molar-refractivity contribution >= 4 is 34.2 Å². The summed E-state index contributed by atoms with van der Waals surface area (Å²) in [5, 5.41) is 14.9. The van der Waals surface area contributed by atoms with Gasteiger partial charge in [-0.15, -0.1) is 0 Å². The fourth-order valence-corrected chi connectivity index (χ4v) is 4.22. The monoisotopic (exact) mass is 493 g/mol. The predicted molar refractivity (Wildman–Crippen MR) is 144 cm³/mol. The molecule has 1 atom stereocenters. The number of nitriles is 1. The standard InChI is InChI=1S/C29H27N5O3/c1-4-24(28(36)31-20-10-8-9-19(16-20)17-30)34-25-12-7-6-11-23(25)33-27(29(34)37)21-15-18(3)13-14-22(21)32-26(35)5-2/h6-16,24H,4-5H2,1-3H3,(H,31,36)(H,32,35)/t24-/m1/s1. The van der Waals surface area contributed by atoms with Crippen molar-refractivity contribution in [2.75, 3.05) is 10.6 Å². The van der Waals surface area contributed by atoms with Crippen molar-refractivity contribution in [2.45, 2.75) is 39.7 Å². The van der Waals surface area contributed by atoms with E-state index in [4.69, 9.17) is 0 Å². The van der Waals surface area contributed by atoms with Gasteiger partial charge in [-0.25, -0.2) is 4.98 Å². The largest absolute Gasteiger partial charge is 0.325 e. The number of aryl methyl sites for hydroxylation is 1. The first-order valence-electron chi connectivity index (χ1n) is 12.1. The number of carbonyl (C=O) groups excluding carboxylic acids is 2. The summed E-state index contributed by atoms with van der Waals surface area (Å²) in [5.41, 5.74) is 3.53. The van der Waals surface area contributed by atoms with Crippen LogP contribution < -0.4 is 16.2 Å². The molecule has 0 aliphatic carbocycles. The summed E-state index contributed by atoms with van der Waals surface area (Å²) in [6, 6.07) is 20.4. The highest BCUT2D eigenvalue weighted by Gasteiger charge is 2.25. The van der Waals surface area contributed by atoms with Gasteiger partial charge in [0.1, 0.15) is 11.7 Å². The summed E-state index contributed by atoms with van der Waals surface area (Å²) in [7, 11) is 0. The molecule has 0 saturated heterocycles. The van der Waals surface area contributed by atoms with Gasteiger partial charge in [0, 0.05) is 17.7 Å². The Kier molecular flexibility index (Phi) is 7.44. The number of rotatable bonds is 7. The van der Waals surface area contributed by atoms with Gasteiger partial charge in [-0.3, -0.25) is 19.0 Å². The molecule has 0 aliphatic heterocycles. The quantitative estimate of drug-likeness (QED) is 0.368. The van der Waals surface area contributed by atoms with Crippen molar-refractivity contribution < 1.29 is 9.59 Å². The van der Waals surface area contributed by atoms with Gasteiger partial charge in [-0.05, 0) is 55.8 Å². The van der Waals surface area contributed by atoms with E-state index in [0.717, 1.165) is 5.56 Å². The summed E-state index contributed by atoms with van der Waals surface area (Å²) >= 11 is 0. The van der Waals surface area contributed by atoms with Gasteiger partial charge in [0.05, 0.1) is 28.4 Å². The van der Waals surface area contributed by atoms with Gasteiger partial charge in [-0.2, -0.15) is 5.26 Å². The average molecular weight is 494 g/mol. The molecule has 186 valence electrons.